The van der Waals surface area contributed by atoms with Gasteiger partial charge in [0, 0.05) is 0 Å². The van der Waals surface area contributed by atoms with Gasteiger partial charge in [-0.3, -0.25) is 0 Å². The largest absolute Gasteiger partial charge is 0.493 e. The molecule has 0 aliphatic heterocycles. The Morgan fingerprint density at radius 3 is 2.38 bits per heavy atom. The number of rotatable bonds is 5. The molecule has 2 aromatic rings. The van der Waals surface area contributed by atoms with Crippen LogP contribution in [0.25, 0.3) is 0 Å². The van der Waals surface area contributed by atoms with Crippen molar-refractivity contribution in [1.82, 2.24) is 5.32 Å². The molecule has 0 aliphatic rings. The smallest absolute Gasteiger partial charge is 0.179 e. The van der Waals surface area contributed by atoms with Crippen LogP contribution in [0.15, 0.2) is 36.4 Å². The van der Waals surface area contributed by atoms with Crippen molar-refractivity contribution in [3.63, 3.8) is 0 Å². The van der Waals surface area contributed by atoms with Crippen molar-refractivity contribution in [1.29, 1.82) is 0 Å². The van der Waals surface area contributed by atoms with Crippen molar-refractivity contribution in [2.45, 2.75) is 13.0 Å². The van der Waals surface area contributed by atoms with Crippen LogP contribution in [0.1, 0.15) is 22.7 Å². The van der Waals surface area contributed by atoms with Crippen molar-refractivity contribution in [3.8, 4) is 11.5 Å². The van der Waals surface area contributed by atoms with Gasteiger partial charge in [0.15, 0.2) is 11.5 Å². The molecule has 0 saturated carbocycles. The molecule has 2 aromatic carbocycles. The molecule has 1 atom stereocenters. The van der Waals surface area contributed by atoms with Crippen molar-refractivity contribution < 1.29 is 9.47 Å². The van der Waals surface area contributed by atoms with Crippen molar-refractivity contribution in [2.24, 2.45) is 0 Å². The van der Waals surface area contributed by atoms with Crippen molar-refractivity contribution >= 4 is 11.6 Å². The molecule has 0 aromatic heterocycles. The molecule has 1 N–H and O–H groups in total. The summed E-state index contributed by atoms with van der Waals surface area (Å²) in [6.07, 6.45) is 0. The summed E-state index contributed by atoms with van der Waals surface area (Å²) in [6, 6.07) is 12.3. The second kappa shape index (κ2) is 6.83. The number of methoxy groups -OCH3 is 2. The molecule has 112 valence electrons. The third kappa shape index (κ3) is 3.31. The van der Waals surface area contributed by atoms with Crippen LogP contribution >= 0.6 is 11.6 Å². The van der Waals surface area contributed by atoms with Gasteiger partial charge in [0.05, 0.1) is 25.3 Å². The first-order valence-electron chi connectivity index (χ1n) is 6.76. The summed E-state index contributed by atoms with van der Waals surface area (Å²) in [5.74, 6) is 1.19. The number of benzene rings is 2. The molecule has 0 bridgehead atoms. The van der Waals surface area contributed by atoms with E-state index >= 15 is 0 Å². The van der Waals surface area contributed by atoms with Crippen LogP contribution in [0.2, 0.25) is 5.02 Å². The molecule has 0 fully saturated rings. The molecule has 3 nitrogen and oxygen atoms in total. The lowest BCUT2D eigenvalue weighted by Gasteiger charge is -2.20. The second-order valence-electron chi connectivity index (χ2n) is 4.87. The molecule has 0 saturated heterocycles. The zero-order chi connectivity index (χ0) is 15.4. The maximum Gasteiger partial charge on any atom is 0.179 e. The van der Waals surface area contributed by atoms with E-state index in [0.717, 1.165) is 5.56 Å². The fourth-order valence-corrected chi connectivity index (χ4v) is 2.78. The van der Waals surface area contributed by atoms with E-state index in [4.69, 9.17) is 21.1 Å². The molecule has 0 aliphatic carbocycles. The Balaban J connectivity index is 2.50. The number of ether oxygens (including phenoxy) is 2. The van der Waals surface area contributed by atoms with Gasteiger partial charge in [0.2, 0.25) is 0 Å². The summed E-state index contributed by atoms with van der Waals surface area (Å²) in [7, 11) is 5.12. The van der Waals surface area contributed by atoms with Crippen molar-refractivity contribution in [2.75, 3.05) is 21.3 Å². The van der Waals surface area contributed by atoms with Gasteiger partial charge >= 0.3 is 0 Å². The van der Waals surface area contributed by atoms with Gasteiger partial charge in [-0.2, -0.15) is 0 Å². The summed E-state index contributed by atoms with van der Waals surface area (Å²) in [4.78, 5) is 0. The van der Waals surface area contributed by atoms with Gasteiger partial charge < -0.3 is 14.8 Å². The Morgan fingerprint density at radius 1 is 1.05 bits per heavy atom. The number of hydrogen-bond donors (Lipinski definition) is 1. The van der Waals surface area contributed by atoms with E-state index in [1.807, 2.05) is 19.2 Å². The van der Waals surface area contributed by atoms with Gasteiger partial charge in [-0.05, 0) is 37.2 Å². The van der Waals surface area contributed by atoms with Crippen LogP contribution in [0.3, 0.4) is 0 Å². The first-order chi connectivity index (χ1) is 10.1. The minimum Gasteiger partial charge on any atom is -0.493 e. The highest BCUT2D eigenvalue weighted by molar-refractivity contribution is 6.32. The lowest BCUT2D eigenvalue weighted by molar-refractivity contribution is 0.354. The Morgan fingerprint density at radius 2 is 1.81 bits per heavy atom. The number of aryl methyl sites for hydroxylation is 1. The summed E-state index contributed by atoms with van der Waals surface area (Å²) < 4.78 is 10.7. The van der Waals surface area contributed by atoms with E-state index in [0.29, 0.717) is 16.5 Å². The molecular formula is C17H20ClNO2. The molecule has 1 unspecified atom stereocenters. The first kappa shape index (κ1) is 15.7. The maximum atomic E-state index is 6.30. The standard InChI is InChI=1S/C17H20ClNO2/c1-11-6-5-7-12(8-11)16(19-2)13-9-14(18)17(21-4)15(10-13)20-3/h5-10,16,19H,1-4H3. The second-order valence-corrected chi connectivity index (χ2v) is 5.28. The van der Waals surface area contributed by atoms with E-state index in [9.17, 15) is 0 Å². The topological polar surface area (TPSA) is 30.5 Å². The number of hydrogen-bond acceptors (Lipinski definition) is 3. The van der Waals surface area contributed by atoms with E-state index in [1.54, 1.807) is 14.2 Å². The first-order valence-corrected chi connectivity index (χ1v) is 7.13. The summed E-state index contributed by atoms with van der Waals surface area (Å²) in [5, 5.41) is 3.86. The van der Waals surface area contributed by atoms with Gasteiger partial charge in [-0.1, -0.05) is 41.4 Å². The van der Waals surface area contributed by atoms with Crippen LogP contribution in [0, 0.1) is 6.92 Å². The Kier molecular flexibility index (Phi) is 5.10. The third-order valence-electron chi connectivity index (χ3n) is 3.45. The van der Waals surface area contributed by atoms with E-state index in [1.165, 1.54) is 11.1 Å². The zero-order valence-electron chi connectivity index (χ0n) is 12.7. The Bertz CT molecular complexity index is 628. The predicted octanol–water partition coefficient (Wildman–Crippen LogP) is 3.97. The highest BCUT2D eigenvalue weighted by Gasteiger charge is 2.17. The highest BCUT2D eigenvalue weighted by atomic mass is 35.5. The van der Waals surface area contributed by atoms with Crippen LogP contribution in [-0.4, -0.2) is 21.3 Å². The normalized spacial score (nSPS) is 12.0. The van der Waals surface area contributed by atoms with Gasteiger partial charge in [0.1, 0.15) is 0 Å². The Labute approximate surface area is 130 Å². The third-order valence-corrected chi connectivity index (χ3v) is 3.73. The van der Waals surface area contributed by atoms with Gasteiger partial charge in [-0.15, -0.1) is 0 Å². The van der Waals surface area contributed by atoms with Gasteiger partial charge in [-0.25, -0.2) is 0 Å². The molecule has 0 radical (unpaired) electrons. The fraction of sp³-hybridized carbons (Fsp3) is 0.294. The molecular weight excluding hydrogens is 286 g/mol. The van der Waals surface area contributed by atoms with Crippen LogP contribution in [0.5, 0.6) is 11.5 Å². The molecule has 0 heterocycles. The average Bonchev–Trinajstić information content (AvgIpc) is 2.47. The van der Waals surface area contributed by atoms with E-state index in [2.05, 4.69) is 36.5 Å². The highest BCUT2D eigenvalue weighted by Crippen LogP contribution is 2.38. The fourth-order valence-electron chi connectivity index (χ4n) is 2.48. The van der Waals surface area contributed by atoms with E-state index < -0.39 is 0 Å². The average molecular weight is 306 g/mol. The minimum atomic E-state index is 0.0437. The lowest BCUT2D eigenvalue weighted by Crippen LogP contribution is -2.18. The lowest BCUT2D eigenvalue weighted by atomic mass is 9.97. The van der Waals surface area contributed by atoms with Crippen molar-refractivity contribution in [3.05, 3.63) is 58.1 Å². The molecule has 0 amide bonds. The van der Waals surface area contributed by atoms with Gasteiger partial charge in [0.25, 0.3) is 0 Å². The summed E-state index contributed by atoms with van der Waals surface area (Å²) >= 11 is 6.30. The number of nitrogens with one attached hydrogen (secondary N) is 1. The summed E-state index contributed by atoms with van der Waals surface area (Å²) in [5.41, 5.74) is 3.44. The Hall–Kier alpha value is -1.71. The molecule has 21 heavy (non-hydrogen) atoms. The van der Waals surface area contributed by atoms with Crippen LogP contribution < -0.4 is 14.8 Å². The molecule has 2 rings (SSSR count). The molecule has 0 spiro atoms. The van der Waals surface area contributed by atoms with Crippen LogP contribution in [-0.2, 0) is 0 Å². The summed E-state index contributed by atoms with van der Waals surface area (Å²) in [6.45, 7) is 2.08. The predicted molar refractivity (Wildman–Crippen MR) is 86.6 cm³/mol. The SMILES string of the molecule is CNC(c1cccc(C)c1)c1cc(Cl)c(OC)c(OC)c1. The monoisotopic (exact) mass is 305 g/mol. The number of halogens is 1. The minimum absolute atomic E-state index is 0.0437. The van der Waals surface area contributed by atoms with E-state index in [-0.39, 0.29) is 6.04 Å². The quantitative estimate of drug-likeness (QED) is 0.906. The maximum absolute atomic E-state index is 6.30. The molecule has 4 heteroatoms. The van der Waals surface area contributed by atoms with Crippen LogP contribution in [0.4, 0.5) is 0 Å². The zero-order valence-corrected chi connectivity index (χ0v) is 13.5.